The second-order valence-electron chi connectivity index (χ2n) is 4.20. The fraction of sp³-hybridized carbons (Fsp3) is 0.583. The molecular weight excluding hydrogens is 236 g/mol. The summed E-state index contributed by atoms with van der Waals surface area (Å²) < 4.78 is 5.30. The zero-order chi connectivity index (χ0) is 11.9. The van der Waals surface area contributed by atoms with Gasteiger partial charge in [0.15, 0.2) is 0 Å². The number of anilines is 1. The van der Waals surface area contributed by atoms with E-state index >= 15 is 0 Å². The second-order valence-corrected chi connectivity index (χ2v) is 5.15. The lowest BCUT2D eigenvalue weighted by Gasteiger charge is -2.21. The van der Waals surface area contributed by atoms with Crippen molar-refractivity contribution in [2.24, 2.45) is 5.92 Å². The Hall–Kier alpha value is -1.07. The Morgan fingerprint density at radius 3 is 3.00 bits per heavy atom. The molecule has 1 aliphatic rings. The van der Waals surface area contributed by atoms with Crippen LogP contribution in [0.25, 0.3) is 0 Å². The van der Waals surface area contributed by atoms with E-state index in [-0.39, 0.29) is 6.03 Å². The van der Waals surface area contributed by atoms with Gasteiger partial charge < -0.3 is 10.1 Å². The van der Waals surface area contributed by atoms with Crippen LogP contribution in [-0.4, -0.2) is 25.8 Å². The van der Waals surface area contributed by atoms with Crippen LogP contribution in [0.3, 0.4) is 0 Å². The molecule has 17 heavy (non-hydrogen) atoms. The summed E-state index contributed by atoms with van der Waals surface area (Å²) >= 11 is 1.52. The van der Waals surface area contributed by atoms with Crippen LogP contribution in [-0.2, 0) is 4.74 Å². The van der Waals surface area contributed by atoms with Gasteiger partial charge in [0, 0.05) is 19.8 Å². The highest BCUT2D eigenvalue weighted by Crippen LogP contribution is 2.17. The summed E-state index contributed by atoms with van der Waals surface area (Å²) in [6, 6.07) is 3.70. The first kappa shape index (κ1) is 12.4. The van der Waals surface area contributed by atoms with Crippen molar-refractivity contribution in [2.75, 3.05) is 25.1 Å². The van der Waals surface area contributed by atoms with Crippen LogP contribution >= 0.6 is 11.3 Å². The minimum Gasteiger partial charge on any atom is -0.381 e. The van der Waals surface area contributed by atoms with Gasteiger partial charge in [0.1, 0.15) is 0 Å². The number of thiophene rings is 1. The van der Waals surface area contributed by atoms with Gasteiger partial charge in [0.25, 0.3) is 0 Å². The number of urea groups is 1. The fourth-order valence-corrected chi connectivity index (χ4v) is 2.54. The molecule has 0 bridgehead atoms. The van der Waals surface area contributed by atoms with Crippen LogP contribution in [0.4, 0.5) is 9.80 Å². The molecule has 0 aromatic carbocycles. The minimum absolute atomic E-state index is 0.112. The third-order valence-corrected chi connectivity index (χ3v) is 3.72. The van der Waals surface area contributed by atoms with Crippen molar-refractivity contribution in [1.82, 2.24) is 5.32 Å². The predicted molar refractivity (Wildman–Crippen MR) is 69.5 cm³/mol. The van der Waals surface area contributed by atoms with Crippen LogP contribution in [0.15, 0.2) is 17.5 Å². The number of nitrogens with one attached hydrogen (secondary N) is 2. The Kier molecular flexibility index (Phi) is 4.82. The van der Waals surface area contributed by atoms with E-state index < -0.39 is 0 Å². The van der Waals surface area contributed by atoms with Gasteiger partial charge >= 0.3 is 6.03 Å². The molecule has 94 valence electrons. The lowest BCUT2D eigenvalue weighted by atomic mass is 9.97. The molecule has 0 atom stereocenters. The van der Waals surface area contributed by atoms with Crippen molar-refractivity contribution in [1.29, 1.82) is 0 Å². The van der Waals surface area contributed by atoms with Gasteiger partial charge in [0.05, 0.1) is 5.00 Å². The first-order valence-corrected chi connectivity index (χ1v) is 6.88. The van der Waals surface area contributed by atoms with E-state index in [1.807, 2.05) is 17.5 Å². The highest BCUT2D eigenvalue weighted by atomic mass is 32.1. The summed E-state index contributed by atoms with van der Waals surface area (Å²) in [6.07, 6.45) is 3.28. The molecule has 4 nitrogen and oxygen atoms in total. The summed E-state index contributed by atoms with van der Waals surface area (Å²) in [5, 5.41) is 8.51. The Balaban J connectivity index is 1.59. The third-order valence-electron chi connectivity index (χ3n) is 2.94. The topological polar surface area (TPSA) is 50.4 Å². The standard InChI is InChI=1S/C12H18N2O2S/c15-12(14-11-2-1-9-17-11)13-6-3-10-4-7-16-8-5-10/h1-2,9-10H,3-8H2,(H2,13,14,15). The zero-order valence-corrected chi connectivity index (χ0v) is 10.6. The SMILES string of the molecule is O=C(NCCC1CCOCC1)Nc1cccs1. The van der Waals surface area contributed by atoms with Gasteiger partial charge in [-0.05, 0) is 42.7 Å². The highest BCUT2D eigenvalue weighted by molar-refractivity contribution is 7.14. The molecule has 1 aliphatic heterocycles. The predicted octanol–water partition coefficient (Wildman–Crippen LogP) is 2.69. The van der Waals surface area contributed by atoms with Crippen LogP contribution in [0, 0.1) is 5.92 Å². The highest BCUT2D eigenvalue weighted by Gasteiger charge is 2.13. The lowest BCUT2D eigenvalue weighted by molar-refractivity contribution is 0.0642. The van der Waals surface area contributed by atoms with E-state index in [9.17, 15) is 4.79 Å². The monoisotopic (exact) mass is 254 g/mol. The van der Waals surface area contributed by atoms with E-state index in [0.717, 1.165) is 44.0 Å². The quantitative estimate of drug-likeness (QED) is 0.868. The molecule has 0 saturated carbocycles. The fourth-order valence-electron chi connectivity index (χ4n) is 1.93. The van der Waals surface area contributed by atoms with E-state index in [2.05, 4.69) is 10.6 Å². The first-order chi connectivity index (χ1) is 8.34. The average molecular weight is 254 g/mol. The number of carbonyl (C=O) groups is 1. The molecule has 0 radical (unpaired) electrons. The average Bonchev–Trinajstić information content (AvgIpc) is 2.83. The van der Waals surface area contributed by atoms with Gasteiger partial charge in [-0.2, -0.15) is 0 Å². The molecule has 0 aliphatic carbocycles. The van der Waals surface area contributed by atoms with Crippen LogP contribution in [0.2, 0.25) is 0 Å². The summed E-state index contributed by atoms with van der Waals surface area (Å²) in [5.41, 5.74) is 0. The Morgan fingerprint density at radius 1 is 1.47 bits per heavy atom. The lowest BCUT2D eigenvalue weighted by Crippen LogP contribution is -2.31. The van der Waals surface area contributed by atoms with Crippen LogP contribution in [0.5, 0.6) is 0 Å². The van der Waals surface area contributed by atoms with Crippen molar-refractivity contribution in [3.05, 3.63) is 17.5 Å². The third kappa shape index (κ3) is 4.36. The number of amides is 2. The van der Waals surface area contributed by atoms with E-state index in [4.69, 9.17) is 4.74 Å². The van der Waals surface area contributed by atoms with E-state index in [1.165, 1.54) is 11.3 Å². The Bertz CT molecular complexity index is 334. The zero-order valence-electron chi connectivity index (χ0n) is 9.78. The summed E-state index contributed by atoms with van der Waals surface area (Å²) in [6.45, 7) is 2.47. The van der Waals surface area contributed by atoms with Gasteiger partial charge in [-0.25, -0.2) is 4.79 Å². The molecule has 2 heterocycles. The maximum atomic E-state index is 11.5. The Labute approximate surface area is 105 Å². The smallest absolute Gasteiger partial charge is 0.319 e. The van der Waals surface area contributed by atoms with E-state index in [0.29, 0.717) is 5.92 Å². The summed E-state index contributed by atoms with van der Waals surface area (Å²) in [7, 11) is 0. The number of rotatable bonds is 4. The minimum atomic E-state index is -0.112. The first-order valence-electron chi connectivity index (χ1n) is 6.00. The maximum absolute atomic E-state index is 11.5. The summed E-state index contributed by atoms with van der Waals surface area (Å²) in [4.78, 5) is 11.5. The second kappa shape index (κ2) is 6.61. The van der Waals surface area contributed by atoms with Gasteiger partial charge in [-0.15, -0.1) is 11.3 Å². The molecule has 1 saturated heterocycles. The number of carbonyl (C=O) groups excluding carboxylic acids is 1. The van der Waals surface area contributed by atoms with Crippen molar-refractivity contribution in [2.45, 2.75) is 19.3 Å². The molecule has 1 aromatic rings. The number of hydrogen-bond donors (Lipinski definition) is 2. The molecule has 1 fully saturated rings. The van der Waals surface area contributed by atoms with E-state index in [1.54, 1.807) is 0 Å². The van der Waals surface area contributed by atoms with Crippen molar-refractivity contribution in [3.8, 4) is 0 Å². The normalized spacial score (nSPS) is 16.7. The molecule has 0 spiro atoms. The van der Waals surface area contributed by atoms with Gasteiger partial charge in [-0.1, -0.05) is 0 Å². The van der Waals surface area contributed by atoms with Crippen LogP contribution in [0.1, 0.15) is 19.3 Å². The maximum Gasteiger partial charge on any atom is 0.319 e. The molecule has 2 N–H and O–H groups in total. The molecule has 2 amide bonds. The summed E-state index contributed by atoms with van der Waals surface area (Å²) in [5.74, 6) is 0.700. The molecule has 5 heteroatoms. The largest absolute Gasteiger partial charge is 0.381 e. The van der Waals surface area contributed by atoms with Crippen molar-refractivity contribution in [3.63, 3.8) is 0 Å². The van der Waals surface area contributed by atoms with Gasteiger partial charge in [-0.3, -0.25) is 5.32 Å². The molecular formula is C12H18N2O2S. The van der Waals surface area contributed by atoms with Gasteiger partial charge in [0.2, 0.25) is 0 Å². The molecule has 0 unspecified atom stereocenters. The molecule has 1 aromatic heterocycles. The number of ether oxygens (including phenoxy) is 1. The molecule has 2 rings (SSSR count). The number of hydrogen-bond acceptors (Lipinski definition) is 3. The van der Waals surface area contributed by atoms with Crippen molar-refractivity contribution >= 4 is 22.4 Å². The van der Waals surface area contributed by atoms with Crippen molar-refractivity contribution < 1.29 is 9.53 Å². The van der Waals surface area contributed by atoms with Crippen LogP contribution < -0.4 is 10.6 Å². The Morgan fingerprint density at radius 2 is 2.29 bits per heavy atom.